The van der Waals surface area contributed by atoms with E-state index in [-0.39, 0.29) is 0 Å². The van der Waals surface area contributed by atoms with Gasteiger partial charge in [0.2, 0.25) is 0 Å². The number of benzene rings is 1. The Morgan fingerprint density at radius 1 is 1.52 bits per heavy atom. The molecule has 0 unspecified atom stereocenters. The van der Waals surface area contributed by atoms with E-state index in [0.29, 0.717) is 38.7 Å². The van der Waals surface area contributed by atoms with Crippen molar-refractivity contribution in [3.05, 3.63) is 29.5 Å². The van der Waals surface area contributed by atoms with Crippen LogP contribution < -0.4 is 4.74 Å². The van der Waals surface area contributed by atoms with E-state index in [1.165, 1.54) is 11.3 Å². The number of thioether (sulfide) groups is 1. The van der Waals surface area contributed by atoms with E-state index >= 15 is 0 Å². The lowest BCUT2D eigenvalue weighted by atomic mass is 10.1. The summed E-state index contributed by atoms with van der Waals surface area (Å²) in [5, 5.41) is 17.9. The first-order valence-corrected chi connectivity index (χ1v) is 8.59. The van der Waals surface area contributed by atoms with Crippen LogP contribution in [0.15, 0.2) is 22.4 Å². The first-order chi connectivity index (χ1) is 10.9. The summed E-state index contributed by atoms with van der Waals surface area (Å²) in [4.78, 5) is 15.2. The minimum Gasteiger partial charge on any atom is -0.492 e. The molecule has 0 amide bonds. The molecule has 0 aliphatic carbocycles. The normalized spacial score (nSPS) is 10.6. The Morgan fingerprint density at radius 3 is 2.87 bits per heavy atom. The molecule has 0 bridgehead atoms. The zero-order valence-electron chi connectivity index (χ0n) is 13.0. The fourth-order valence-electron chi connectivity index (χ4n) is 1.81. The van der Waals surface area contributed by atoms with Crippen LogP contribution in [0, 0.1) is 24.2 Å². The quantitative estimate of drug-likeness (QED) is 0.782. The van der Waals surface area contributed by atoms with Crippen molar-refractivity contribution in [2.24, 2.45) is 5.92 Å². The van der Waals surface area contributed by atoms with Crippen molar-refractivity contribution in [1.82, 2.24) is 4.98 Å². The van der Waals surface area contributed by atoms with Gasteiger partial charge in [-0.3, -0.25) is 0 Å². The summed E-state index contributed by atoms with van der Waals surface area (Å²) >= 11 is 2.05. The SMILES string of the molecule is Cc1nc(-c2ccc(OCC(C)C)c(C#N)c2)sc1SC(=O)O. The van der Waals surface area contributed by atoms with Crippen LogP contribution in [-0.4, -0.2) is 22.0 Å². The topological polar surface area (TPSA) is 83.2 Å². The second-order valence-electron chi connectivity index (χ2n) is 5.29. The molecule has 5 nitrogen and oxygen atoms in total. The maximum atomic E-state index is 10.8. The molecule has 7 heteroatoms. The summed E-state index contributed by atoms with van der Waals surface area (Å²) in [5.41, 5.74) is 1.91. The molecule has 2 rings (SSSR count). The molecule has 0 spiro atoms. The lowest BCUT2D eigenvalue weighted by Crippen LogP contribution is -2.05. The van der Waals surface area contributed by atoms with E-state index < -0.39 is 5.30 Å². The summed E-state index contributed by atoms with van der Waals surface area (Å²) in [6, 6.07) is 7.46. The number of ether oxygens (including phenoxy) is 1. The maximum absolute atomic E-state index is 10.8. The number of thiazole rings is 1. The Balaban J connectivity index is 2.30. The number of hydrogen-bond acceptors (Lipinski definition) is 6. The summed E-state index contributed by atoms with van der Waals surface area (Å²) in [6.07, 6.45) is 0. The Morgan fingerprint density at radius 2 is 2.26 bits per heavy atom. The Bertz CT molecular complexity index is 763. The molecule has 120 valence electrons. The highest BCUT2D eigenvalue weighted by Crippen LogP contribution is 2.36. The van der Waals surface area contributed by atoms with Gasteiger partial charge in [0.05, 0.1) is 22.1 Å². The molecule has 1 aromatic carbocycles. The van der Waals surface area contributed by atoms with Gasteiger partial charge in [-0.15, -0.1) is 11.3 Å². The Hall–Kier alpha value is -2.04. The van der Waals surface area contributed by atoms with Crippen LogP contribution in [-0.2, 0) is 0 Å². The van der Waals surface area contributed by atoms with Gasteiger partial charge in [0, 0.05) is 17.3 Å². The number of carbonyl (C=O) groups is 1. The second kappa shape index (κ2) is 7.49. The number of aryl methyl sites for hydroxylation is 1. The van der Waals surface area contributed by atoms with Crippen molar-refractivity contribution in [2.45, 2.75) is 25.0 Å². The summed E-state index contributed by atoms with van der Waals surface area (Å²) in [6.45, 7) is 6.40. The second-order valence-corrected chi connectivity index (χ2v) is 7.51. The van der Waals surface area contributed by atoms with E-state index in [9.17, 15) is 10.1 Å². The maximum Gasteiger partial charge on any atom is 0.370 e. The van der Waals surface area contributed by atoms with Gasteiger partial charge in [-0.05, 0) is 31.0 Å². The molecule has 0 aliphatic heterocycles. The third-order valence-electron chi connectivity index (χ3n) is 2.85. The molecule has 0 saturated carbocycles. The van der Waals surface area contributed by atoms with Gasteiger partial charge in [-0.1, -0.05) is 13.8 Å². The lowest BCUT2D eigenvalue weighted by molar-refractivity contribution is 0.222. The van der Waals surface area contributed by atoms with E-state index in [0.717, 1.165) is 17.3 Å². The van der Waals surface area contributed by atoms with Gasteiger partial charge in [0.1, 0.15) is 16.8 Å². The average molecular weight is 348 g/mol. The predicted molar refractivity (Wildman–Crippen MR) is 91.2 cm³/mol. The van der Waals surface area contributed by atoms with Gasteiger partial charge >= 0.3 is 5.30 Å². The molecule has 2 aromatic rings. The standard InChI is InChI=1S/C16H16N2O3S2/c1-9(2)8-21-13-5-4-11(6-12(13)7-17)14-18-10(3)15(22-14)23-16(19)20/h4-6,9H,8H2,1-3H3,(H,19,20). The molecular weight excluding hydrogens is 332 g/mol. The van der Waals surface area contributed by atoms with E-state index in [2.05, 4.69) is 11.1 Å². The van der Waals surface area contributed by atoms with Crippen molar-refractivity contribution in [3.63, 3.8) is 0 Å². The van der Waals surface area contributed by atoms with Crippen molar-refractivity contribution in [2.75, 3.05) is 6.61 Å². The number of rotatable bonds is 5. The highest BCUT2D eigenvalue weighted by Gasteiger charge is 2.15. The molecule has 23 heavy (non-hydrogen) atoms. The number of nitrogens with zero attached hydrogens (tertiary/aromatic N) is 2. The Kier molecular flexibility index (Phi) is 5.64. The fraction of sp³-hybridized carbons (Fsp3) is 0.312. The molecule has 0 saturated heterocycles. The highest BCUT2D eigenvalue weighted by molar-refractivity contribution is 8.14. The monoisotopic (exact) mass is 348 g/mol. The van der Waals surface area contributed by atoms with Crippen LogP contribution in [0.1, 0.15) is 25.1 Å². The summed E-state index contributed by atoms with van der Waals surface area (Å²) in [5.74, 6) is 0.928. The van der Waals surface area contributed by atoms with Gasteiger partial charge in [-0.25, -0.2) is 9.78 Å². The largest absolute Gasteiger partial charge is 0.492 e. The molecule has 1 N–H and O–H groups in total. The zero-order chi connectivity index (χ0) is 17.0. The average Bonchev–Trinajstić information content (AvgIpc) is 2.85. The fourth-order valence-corrected chi connectivity index (χ4v) is 3.58. The minimum atomic E-state index is -0.960. The van der Waals surface area contributed by atoms with Crippen LogP contribution in [0.5, 0.6) is 5.75 Å². The zero-order valence-corrected chi connectivity index (χ0v) is 14.6. The molecule has 1 aromatic heterocycles. The summed E-state index contributed by atoms with van der Waals surface area (Å²) in [7, 11) is 0. The van der Waals surface area contributed by atoms with Crippen molar-refractivity contribution in [1.29, 1.82) is 5.26 Å². The molecule has 0 aliphatic rings. The first-order valence-electron chi connectivity index (χ1n) is 6.96. The molecule has 1 heterocycles. The van der Waals surface area contributed by atoms with Crippen molar-refractivity contribution in [3.8, 4) is 22.4 Å². The smallest absolute Gasteiger partial charge is 0.370 e. The number of hydrogen-bond donors (Lipinski definition) is 1. The van der Waals surface area contributed by atoms with Gasteiger partial charge < -0.3 is 9.84 Å². The van der Waals surface area contributed by atoms with Gasteiger partial charge in [0.15, 0.2) is 0 Å². The van der Waals surface area contributed by atoms with Crippen LogP contribution in [0.4, 0.5) is 4.79 Å². The third-order valence-corrected chi connectivity index (χ3v) is 5.01. The van der Waals surface area contributed by atoms with E-state index in [4.69, 9.17) is 9.84 Å². The molecular formula is C16H16N2O3S2. The first kappa shape index (κ1) is 17.3. The Labute approximate surface area is 142 Å². The lowest BCUT2D eigenvalue weighted by Gasteiger charge is -2.10. The third kappa shape index (κ3) is 4.47. The van der Waals surface area contributed by atoms with Crippen LogP contribution in [0.3, 0.4) is 0 Å². The van der Waals surface area contributed by atoms with E-state index in [1.807, 2.05) is 19.9 Å². The number of nitriles is 1. The van der Waals surface area contributed by atoms with E-state index in [1.54, 1.807) is 19.1 Å². The van der Waals surface area contributed by atoms with Gasteiger partial charge in [-0.2, -0.15) is 5.26 Å². The molecule has 0 fully saturated rings. The van der Waals surface area contributed by atoms with Crippen LogP contribution in [0.2, 0.25) is 0 Å². The molecule has 0 atom stereocenters. The minimum absolute atomic E-state index is 0.374. The number of carboxylic acid groups (broad SMARTS) is 1. The van der Waals surface area contributed by atoms with Crippen molar-refractivity contribution < 1.29 is 14.6 Å². The predicted octanol–water partition coefficient (Wildman–Crippen LogP) is 4.80. The van der Waals surface area contributed by atoms with Crippen LogP contribution >= 0.6 is 23.1 Å². The van der Waals surface area contributed by atoms with Crippen LogP contribution in [0.25, 0.3) is 10.6 Å². The number of aromatic nitrogens is 1. The van der Waals surface area contributed by atoms with Gasteiger partial charge in [0.25, 0.3) is 0 Å². The highest BCUT2D eigenvalue weighted by atomic mass is 32.2. The molecule has 0 radical (unpaired) electrons. The van der Waals surface area contributed by atoms with Crippen molar-refractivity contribution >= 4 is 28.4 Å². The summed E-state index contributed by atoms with van der Waals surface area (Å²) < 4.78 is 6.29.